The highest BCUT2D eigenvalue weighted by molar-refractivity contribution is 6.29. The second kappa shape index (κ2) is 7.89. The third-order valence-electron chi connectivity index (χ3n) is 2.07. The number of halogens is 1. The fraction of sp³-hybridized carbons (Fsp3) is 0.300. The lowest BCUT2D eigenvalue weighted by molar-refractivity contribution is -0.463. The third kappa shape index (κ3) is 5.96. The molecule has 20 heavy (non-hydrogen) atoms. The Hall–Kier alpha value is -2.42. The van der Waals surface area contributed by atoms with Crippen molar-refractivity contribution in [3.8, 4) is 0 Å². The number of hydrazine groups is 1. The zero-order valence-electron chi connectivity index (χ0n) is 10.6. The van der Waals surface area contributed by atoms with E-state index < -0.39 is 17.5 Å². The first-order chi connectivity index (χ1) is 9.51. The largest absolute Gasteiger partial charge is 0.340 e. The van der Waals surface area contributed by atoms with Crippen LogP contribution in [0.25, 0.3) is 0 Å². The number of aromatic nitrogens is 1. The summed E-state index contributed by atoms with van der Waals surface area (Å²) in [5.74, 6) is 0.0218. The van der Waals surface area contributed by atoms with Crippen LogP contribution in [0.5, 0.6) is 0 Å². The minimum absolute atomic E-state index is 0.0218. The van der Waals surface area contributed by atoms with Crippen molar-refractivity contribution < 1.29 is 9.72 Å². The molecule has 0 saturated carbocycles. The van der Waals surface area contributed by atoms with Gasteiger partial charge in [-0.3, -0.25) is 26.0 Å². The Balaban J connectivity index is 2.65. The van der Waals surface area contributed by atoms with Crippen molar-refractivity contribution >= 4 is 23.5 Å². The Morgan fingerprint density at radius 2 is 2.25 bits per heavy atom. The van der Waals surface area contributed by atoms with Gasteiger partial charge in [0.05, 0.1) is 6.54 Å². The van der Waals surface area contributed by atoms with E-state index >= 15 is 0 Å². The number of carbonyl (C=O) groups excluding carboxylic acids is 1. The number of nitrogens with one attached hydrogen (secondary N) is 3. The number of aliphatic imine (C=N–C) groups is 1. The van der Waals surface area contributed by atoms with Gasteiger partial charge in [0.25, 0.3) is 6.54 Å². The van der Waals surface area contributed by atoms with Gasteiger partial charge in [-0.15, -0.1) is 0 Å². The number of amidine groups is 1. The van der Waals surface area contributed by atoms with E-state index in [9.17, 15) is 14.9 Å². The van der Waals surface area contributed by atoms with E-state index in [1.807, 2.05) is 0 Å². The summed E-state index contributed by atoms with van der Waals surface area (Å²) in [5, 5.41) is 13.1. The molecule has 0 spiro atoms. The number of nitro groups is 1. The molecule has 10 heteroatoms. The number of pyridine rings is 1. The van der Waals surface area contributed by atoms with Gasteiger partial charge in [-0.05, 0) is 11.6 Å². The van der Waals surface area contributed by atoms with E-state index in [2.05, 4.69) is 26.1 Å². The topological polar surface area (TPSA) is 122 Å². The number of rotatable bonds is 4. The standard InChI is InChI=1S/C10H13ClN6O3/c1-12-10(18)16-15-9(6-17(19)20)14-5-7-2-3-8(11)13-4-7/h2-4H,5-6H2,1H3,(H,14,15)(H2,12,16,18). The van der Waals surface area contributed by atoms with Crippen molar-refractivity contribution in [3.05, 3.63) is 39.2 Å². The lowest BCUT2D eigenvalue weighted by Gasteiger charge is -2.08. The maximum Gasteiger partial charge on any atom is 0.333 e. The zero-order chi connectivity index (χ0) is 15.0. The van der Waals surface area contributed by atoms with E-state index in [-0.39, 0.29) is 12.4 Å². The van der Waals surface area contributed by atoms with Crippen LogP contribution in [0.1, 0.15) is 5.56 Å². The molecule has 108 valence electrons. The van der Waals surface area contributed by atoms with Crippen LogP contribution in [0.2, 0.25) is 5.15 Å². The molecule has 0 fully saturated rings. The zero-order valence-corrected chi connectivity index (χ0v) is 11.3. The van der Waals surface area contributed by atoms with Crippen LogP contribution in [0.3, 0.4) is 0 Å². The smallest absolute Gasteiger partial charge is 0.333 e. The van der Waals surface area contributed by atoms with E-state index in [0.717, 1.165) is 5.56 Å². The van der Waals surface area contributed by atoms with Gasteiger partial charge in [0.2, 0.25) is 0 Å². The Labute approximate surface area is 119 Å². The van der Waals surface area contributed by atoms with Crippen LogP contribution < -0.4 is 16.2 Å². The minimum Gasteiger partial charge on any atom is -0.340 e. The van der Waals surface area contributed by atoms with Crippen LogP contribution in [-0.4, -0.2) is 35.4 Å². The maximum absolute atomic E-state index is 11.0. The van der Waals surface area contributed by atoms with Crippen LogP contribution in [0.4, 0.5) is 4.79 Å². The third-order valence-corrected chi connectivity index (χ3v) is 2.29. The monoisotopic (exact) mass is 300 g/mol. The Morgan fingerprint density at radius 1 is 1.50 bits per heavy atom. The molecule has 0 aliphatic heterocycles. The van der Waals surface area contributed by atoms with Gasteiger partial charge < -0.3 is 5.32 Å². The van der Waals surface area contributed by atoms with Crippen molar-refractivity contribution in [1.82, 2.24) is 21.2 Å². The summed E-state index contributed by atoms with van der Waals surface area (Å²) in [6, 6.07) is 2.76. The van der Waals surface area contributed by atoms with Gasteiger partial charge in [0.15, 0.2) is 5.84 Å². The molecule has 0 bridgehead atoms. The van der Waals surface area contributed by atoms with E-state index in [1.54, 1.807) is 12.1 Å². The van der Waals surface area contributed by atoms with Crippen molar-refractivity contribution in [2.45, 2.75) is 6.54 Å². The summed E-state index contributed by atoms with van der Waals surface area (Å²) in [7, 11) is 1.42. The first-order valence-electron chi connectivity index (χ1n) is 5.50. The fourth-order valence-corrected chi connectivity index (χ4v) is 1.24. The van der Waals surface area contributed by atoms with E-state index in [0.29, 0.717) is 5.15 Å². The van der Waals surface area contributed by atoms with Crippen molar-refractivity contribution in [1.29, 1.82) is 0 Å². The molecule has 2 amide bonds. The summed E-state index contributed by atoms with van der Waals surface area (Å²) >= 11 is 5.64. The summed E-state index contributed by atoms with van der Waals surface area (Å²) in [6.07, 6.45) is 1.52. The highest BCUT2D eigenvalue weighted by atomic mass is 35.5. The Bertz CT molecular complexity index is 504. The predicted octanol–water partition coefficient (Wildman–Crippen LogP) is 0.344. The molecule has 0 saturated heterocycles. The Morgan fingerprint density at radius 3 is 2.80 bits per heavy atom. The molecule has 0 aliphatic carbocycles. The molecule has 0 atom stereocenters. The van der Waals surface area contributed by atoms with Crippen molar-refractivity contribution in [2.75, 3.05) is 13.6 Å². The van der Waals surface area contributed by atoms with Crippen LogP contribution >= 0.6 is 11.6 Å². The number of amides is 2. The summed E-state index contributed by atoms with van der Waals surface area (Å²) < 4.78 is 0. The fourth-order valence-electron chi connectivity index (χ4n) is 1.13. The van der Waals surface area contributed by atoms with Crippen molar-refractivity contribution in [3.63, 3.8) is 0 Å². The van der Waals surface area contributed by atoms with E-state index in [1.165, 1.54) is 13.2 Å². The van der Waals surface area contributed by atoms with Crippen molar-refractivity contribution in [2.24, 2.45) is 4.99 Å². The minimum atomic E-state index is -0.558. The SMILES string of the molecule is CNC(=O)NNC(C[N+](=O)[O-])=NCc1ccc(Cl)nc1. The molecule has 0 aromatic carbocycles. The second-order valence-electron chi connectivity index (χ2n) is 3.57. The molecule has 0 radical (unpaired) electrons. The van der Waals surface area contributed by atoms with Gasteiger partial charge in [-0.2, -0.15) is 0 Å². The van der Waals surface area contributed by atoms with Gasteiger partial charge in [-0.25, -0.2) is 9.78 Å². The Kier molecular flexibility index (Phi) is 6.17. The number of hydrogen-bond donors (Lipinski definition) is 3. The summed E-state index contributed by atoms with van der Waals surface area (Å²) in [6.45, 7) is -0.360. The number of nitrogens with zero attached hydrogens (tertiary/aromatic N) is 3. The maximum atomic E-state index is 11.0. The van der Waals surface area contributed by atoms with Crippen LogP contribution in [0.15, 0.2) is 23.3 Å². The number of carbonyl (C=O) groups is 1. The second-order valence-corrected chi connectivity index (χ2v) is 3.96. The van der Waals surface area contributed by atoms with Gasteiger partial charge in [-0.1, -0.05) is 17.7 Å². The first-order valence-corrected chi connectivity index (χ1v) is 5.88. The van der Waals surface area contributed by atoms with Gasteiger partial charge in [0, 0.05) is 18.2 Å². The summed E-state index contributed by atoms with van der Waals surface area (Å²) in [5.41, 5.74) is 5.33. The molecule has 3 N–H and O–H groups in total. The average Bonchev–Trinajstić information content (AvgIpc) is 2.42. The first kappa shape index (κ1) is 15.6. The highest BCUT2D eigenvalue weighted by Gasteiger charge is 2.08. The quantitative estimate of drug-likeness (QED) is 0.243. The lowest BCUT2D eigenvalue weighted by atomic mass is 10.3. The van der Waals surface area contributed by atoms with Gasteiger partial charge >= 0.3 is 6.03 Å². The molecule has 1 heterocycles. The highest BCUT2D eigenvalue weighted by Crippen LogP contribution is 2.06. The molecule has 0 aliphatic rings. The van der Waals surface area contributed by atoms with E-state index in [4.69, 9.17) is 11.6 Å². The van der Waals surface area contributed by atoms with Crippen LogP contribution in [-0.2, 0) is 6.54 Å². The number of urea groups is 1. The normalized spacial score (nSPS) is 10.8. The molecular formula is C10H13ClN6O3. The number of hydrogen-bond acceptors (Lipinski definition) is 5. The lowest BCUT2D eigenvalue weighted by Crippen LogP contribution is -2.47. The molecular weight excluding hydrogens is 288 g/mol. The average molecular weight is 301 g/mol. The van der Waals surface area contributed by atoms with Crippen LogP contribution in [0, 0.1) is 10.1 Å². The molecule has 0 unspecified atom stereocenters. The van der Waals surface area contributed by atoms with Gasteiger partial charge in [0.1, 0.15) is 5.15 Å². The molecule has 1 aromatic rings. The molecule has 1 aromatic heterocycles. The molecule has 1 rings (SSSR count). The predicted molar refractivity (Wildman–Crippen MR) is 73.0 cm³/mol. The summed E-state index contributed by atoms with van der Waals surface area (Å²) in [4.78, 5) is 28.8. The molecule has 9 nitrogen and oxygen atoms in total.